The summed E-state index contributed by atoms with van der Waals surface area (Å²) in [5.41, 5.74) is 0.956. The highest BCUT2D eigenvalue weighted by Crippen LogP contribution is 2.36. The lowest BCUT2D eigenvalue weighted by Crippen LogP contribution is -2.48. The summed E-state index contributed by atoms with van der Waals surface area (Å²) >= 11 is 0. The molecule has 2 aliphatic heterocycles. The summed E-state index contributed by atoms with van der Waals surface area (Å²) in [7, 11) is 0. The maximum absolute atomic E-state index is 14.8. The Morgan fingerprint density at radius 2 is 2.03 bits per heavy atom. The van der Waals surface area contributed by atoms with E-state index in [-0.39, 0.29) is 35.2 Å². The van der Waals surface area contributed by atoms with Crippen LogP contribution in [0.4, 0.5) is 26.1 Å². The van der Waals surface area contributed by atoms with Crippen LogP contribution in [-0.2, 0) is 4.79 Å². The van der Waals surface area contributed by atoms with Crippen LogP contribution in [0.1, 0.15) is 19.3 Å². The second kappa shape index (κ2) is 8.44. The Morgan fingerprint density at radius 3 is 2.77 bits per heavy atom. The number of carbonyl (C=O) groups is 1. The number of pyridine rings is 1. The molecule has 1 saturated carbocycles. The van der Waals surface area contributed by atoms with Gasteiger partial charge in [-0.05, 0) is 43.4 Å². The SMILES string of the molecule is C=CC(=O)N1C[C@@H]2C[C@H]1CN2c1ccc2ncnc(Nc3cc(F)c(OCC4CC4)cc3F)c2n1. The Labute approximate surface area is 200 Å². The molecule has 2 bridgehead atoms. The molecule has 0 spiro atoms. The molecule has 6 rings (SSSR count). The van der Waals surface area contributed by atoms with Gasteiger partial charge in [0.15, 0.2) is 23.2 Å². The number of anilines is 3. The van der Waals surface area contributed by atoms with Gasteiger partial charge >= 0.3 is 0 Å². The largest absolute Gasteiger partial charge is 0.490 e. The molecule has 2 aromatic heterocycles. The average molecular weight is 479 g/mol. The number of hydrogen-bond donors (Lipinski definition) is 1. The first kappa shape index (κ1) is 21.7. The summed E-state index contributed by atoms with van der Waals surface area (Å²) in [5, 5.41) is 2.88. The van der Waals surface area contributed by atoms with Crippen molar-refractivity contribution in [2.24, 2.45) is 5.92 Å². The van der Waals surface area contributed by atoms with Gasteiger partial charge < -0.3 is 19.9 Å². The first-order valence-electron chi connectivity index (χ1n) is 11.7. The standard InChI is InChI=1S/C25H24F2N6O2/c1-2-23(34)33-11-15-7-16(33)10-32(15)22-6-5-19-24(31-22)25(29-13-28-19)30-20-8-18(27)21(9-17(20)26)35-12-14-3-4-14/h2,5-6,8-9,13-16H,1,3-4,7,10-12H2,(H,28,29,30)/t15-,16-/m0/s1. The van der Waals surface area contributed by atoms with E-state index in [0.29, 0.717) is 36.6 Å². The van der Waals surface area contributed by atoms with Gasteiger partial charge in [0.05, 0.1) is 29.9 Å². The maximum Gasteiger partial charge on any atom is 0.246 e. The van der Waals surface area contributed by atoms with E-state index in [9.17, 15) is 13.6 Å². The Kier molecular flexibility index (Phi) is 5.23. The molecule has 0 radical (unpaired) electrons. The Morgan fingerprint density at radius 1 is 1.17 bits per heavy atom. The number of fused-ring (bicyclic) bond motifs is 3. The third-order valence-corrected chi connectivity index (χ3v) is 6.91. The molecule has 8 nitrogen and oxygen atoms in total. The number of ether oxygens (including phenoxy) is 1. The fraction of sp³-hybridized carbons (Fsp3) is 0.360. The number of likely N-dealkylation sites (tertiary alicyclic amines) is 1. The second-order valence-electron chi connectivity index (χ2n) is 9.29. The summed E-state index contributed by atoms with van der Waals surface area (Å²) in [6.07, 6.45) is 5.69. The highest BCUT2D eigenvalue weighted by Gasteiger charge is 2.45. The molecule has 2 saturated heterocycles. The van der Waals surface area contributed by atoms with E-state index in [1.807, 2.05) is 17.0 Å². The zero-order valence-electron chi connectivity index (χ0n) is 19.0. The lowest BCUT2D eigenvalue weighted by molar-refractivity contribution is -0.127. The van der Waals surface area contributed by atoms with Crippen molar-refractivity contribution in [2.75, 3.05) is 29.9 Å². The van der Waals surface area contributed by atoms with Gasteiger partial charge in [-0.2, -0.15) is 0 Å². The minimum atomic E-state index is -0.649. The van der Waals surface area contributed by atoms with Gasteiger partial charge in [0.1, 0.15) is 17.7 Å². The Hall–Kier alpha value is -3.82. The predicted octanol–water partition coefficient (Wildman–Crippen LogP) is 3.81. The van der Waals surface area contributed by atoms with E-state index in [4.69, 9.17) is 9.72 Å². The van der Waals surface area contributed by atoms with Crippen molar-refractivity contribution < 1.29 is 18.3 Å². The average Bonchev–Trinajstić information content (AvgIpc) is 3.48. The van der Waals surface area contributed by atoms with Crippen molar-refractivity contribution >= 4 is 34.3 Å². The molecular formula is C25H24F2N6O2. The van der Waals surface area contributed by atoms with Crippen LogP contribution in [0.5, 0.6) is 5.75 Å². The first-order chi connectivity index (χ1) is 17.0. The summed E-state index contributed by atoms with van der Waals surface area (Å²) in [4.78, 5) is 29.3. The van der Waals surface area contributed by atoms with E-state index in [1.54, 1.807) is 0 Å². The van der Waals surface area contributed by atoms with Gasteiger partial charge in [0, 0.05) is 25.2 Å². The molecule has 1 amide bonds. The van der Waals surface area contributed by atoms with Crippen molar-refractivity contribution in [1.82, 2.24) is 19.9 Å². The van der Waals surface area contributed by atoms with E-state index in [2.05, 4.69) is 26.8 Å². The molecule has 1 aromatic carbocycles. The molecule has 10 heteroatoms. The summed E-state index contributed by atoms with van der Waals surface area (Å²) in [6, 6.07) is 6.11. The summed E-state index contributed by atoms with van der Waals surface area (Å²) in [6.45, 7) is 5.26. The zero-order valence-corrected chi connectivity index (χ0v) is 19.0. The molecule has 0 unspecified atom stereocenters. The van der Waals surface area contributed by atoms with Crippen molar-refractivity contribution in [3.8, 4) is 5.75 Å². The molecule has 1 aliphatic carbocycles. The zero-order chi connectivity index (χ0) is 24.1. The van der Waals surface area contributed by atoms with E-state index < -0.39 is 11.6 Å². The number of amides is 1. The number of nitrogens with one attached hydrogen (secondary N) is 1. The van der Waals surface area contributed by atoms with Gasteiger partial charge in [0.2, 0.25) is 5.91 Å². The monoisotopic (exact) mass is 478 g/mol. The number of aromatic nitrogens is 3. The fourth-order valence-corrected chi connectivity index (χ4v) is 4.87. The van der Waals surface area contributed by atoms with Crippen LogP contribution >= 0.6 is 0 Å². The number of benzene rings is 1. The number of rotatable bonds is 7. The van der Waals surface area contributed by atoms with Crippen LogP contribution in [-0.4, -0.2) is 57.5 Å². The predicted molar refractivity (Wildman–Crippen MR) is 127 cm³/mol. The number of carbonyl (C=O) groups excluding carboxylic acids is 1. The van der Waals surface area contributed by atoms with E-state index in [0.717, 1.165) is 37.2 Å². The smallest absolute Gasteiger partial charge is 0.246 e. The van der Waals surface area contributed by atoms with Gasteiger partial charge in [0.25, 0.3) is 0 Å². The minimum Gasteiger partial charge on any atom is -0.490 e. The van der Waals surface area contributed by atoms with E-state index >= 15 is 0 Å². The normalized spacial score (nSPS) is 21.0. The topological polar surface area (TPSA) is 83.5 Å². The van der Waals surface area contributed by atoms with Crippen LogP contribution < -0.4 is 15.0 Å². The summed E-state index contributed by atoms with van der Waals surface area (Å²) < 4.78 is 34.8. The van der Waals surface area contributed by atoms with Gasteiger partial charge in [-0.25, -0.2) is 23.7 Å². The van der Waals surface area contributed by atoms with Crippen molar-refractivity contribution in [3.63, 3.8) is 0 Å². The Balaban J connectivity index is 1.26. The fourth-order valence-electron chi connectivity index (χ4n) is 4.87. The van der Waals surface area contributed by atoms with Gasteiger partial charge in [-0.15, -0.1) is 0 Å². The highest BCUT2D eigenvalue weighted by molar-refractivity contribution is 5.89. The molecule has 180 valence electrons. The minimum absolute atomic E-state index is 0.0540. The van der Waals surface area contributed by atoms with Gasteiger partial charge in [-0.1, -0.05) is 6.58 Å². The number of hydrogen-bond acceptors (Lipinski definition) is 7. The number of nitrogens with zero attached hydrogens (tertiary/aromatic N) is 5. The summed E-state index contributed by atoms with van der Waals surface area (Å²) in [5.74, 6) is -0.0159. The first-order valence-corrected chi connectivity index (χ1v) is 11.7. The van der Waals surface area contributed by atoms with Crippen LogP contribution in [0.25, 0.3) is 11.0 Å². The quantitative estimate of drug-likeness (QED) is 0.517. The molecule has 2 atom stereocenters. The van der Waals surface area contributed by atoms with Crippen LogP contribution in [0.2, 0.25) is 0 Å². The maximum atomic E-state index is 14.8. The lowest BCUT2D eigenvalue weighted by atomic mass is 10.2. The van der Waals surface area contributed by atoms with Crippen LogP contribution in [0, 0.1) is 17.6 Å². The molecule has 4 heterocycles. The van der Waals surface area contributed by atoms with E-state index in [1.165, 1.54) is 12.4 Å². The molecule has 3 aliphatic rings. The third kappa shape index (κ3) is 4.02. The Bertz CT molecular complexity index is 1330. The van der Waals surface area contributed by atoms with Crippen molar-refractivity contribution in [1.29, 1.82) is 0 Å². The van der Waals surface area contributed by atoms with Gasteiger partial charge in [-0.3, -0.25) is 4.79 Å². The van der Waals surface area contributed by atoms with Crippen molar-refractivity contribution in [3.05, 3.63) is 54.9 Å². The van der Waals surface area contributed by atoms with Crippen molar-refractivity contribution in [2.45, 2.75) is 31.3 Å². The number of piperazine rings is 1. The molecular weight excluding hydrogens is 454 g/mol. The molecule has 3 fully saturated rings. The van der Waals surface area contributed by atoms with Crippen LogP contribution in [0.15, 0.2) is 43.2 Å². The molecule has 35 heavy (non-hydrogen) atoms. The second-order valence-corrected chi connectivity index (χ2v) is 9.29. The van der Waals surface area contributed by atoms with Crippen LogP contribution in [0.3, 0.4) is 0 Å². The number of halogens is 2. The lowest BCUT2D eigenvalue weighted by Gasteiger charge is -2.34. The third-order valence-electron chi connectivity index (χ3n) is 6.91. The highest BCUT2D eigenvalue weighted by atomic mass is 19.1. The molecule has 3 aromatic rings. The molecule has 1 N–H and O–H groups in total.